The topological polar surface area (TPSA) is 95.6 Å². The Hall–Kier alpha value is -2.94. The van der Waals surface area contributed by atoms with Crippen LogP contribution in [0.1, 0.15) is 88.5 Å². The summed E-state index contributed by atoms with van der Waals surface area (Å²) in [7, 11) is 1.51. The summed E-state index contributed by atoms with van der Waals surface area (Å²) in [6, 6.07) is 6.25. The maximum Gasteiger partial charge on any atom is 0.311 e. The van der Waals surface area contributed by atoms with Crippen molar-refractivity contribution >= 4 is 17.4 Å². The van der Waals surface area contributed by atoms with Crippen molar-refractivity contribution in [1.82, 2.24) is 24.4 Å². The average molecular weight is 491 g/mol. The molecule has 36 heavy (non-hydrogen) atoms. The maximum absolute atomic E-state index is 12.4. The Morgan fingerprint density at radius 3 is 2.58 bits per heavy atom. The van der Waals surface area contributed by atoms with Crippen LogP contribution in [-0.2, 0) is 14.3 Å². The van der Waals surface area contributed by atoms with Crippen molar-refractivity contribution in [3.8, 4) is 11.4 Å². The van der Waals surface area contributed by atoms with Crippen LogP contribution in [0.15, 0.2) is 24.4 Å². The van der Waals surface area contributed by atoms with E-state index in [0.29, 0.717) is 5.92 Å². The highest BCUT2D eigenvalue weighted by atomic mass is 16.5. The SMILES string of the molecule is COC(=O)C12CCC(Nc3ccc4ncc(-c5cc(C6CC6)n(C6CCCCO6)n5)n4n3)(CC1)CC2. The molecule has 1 unspecified atom stereocenters. The van der Waals surface area contributed by atoms with Crippen molar-refractivity contribution < 1.29 is 14.3 Å². The summed E-state index contributed by atoms with van der Waals surface area (Å²) >= 11 is 0. The standard InChI is InChI=1S/C27H34N6O3/c1-35-25(34)26-9-12-27(13-10-26,14-11-26)29-22-7-8-23-28-17-21(32(23)31-22)19-16-20(18-5-6-18)33(30-19)24-4-2-3-15-36-24/h7-8,16-18,24H,2-6,9-15H2,1H3,(H,29,31). The lowest BCUT2D eigenvalue weighted by molar-refractivity contribution is -0.159. The summed E-state index contributed by atoms with van der Waals surface area (Å²) in [6.45, 7) is 0.804. The molecule has 5 fully saturated rings. The van der Waals surface area contributed by atoms with Crippen LogP contribution in [0.2, 0.25) is 0 Å². The first-order chi connectivity index (χ1) is 17.6. The molecule has 8 rings (SSSR count). The van der Waals surface area contributed by atoms with Gasteiger partial charge in [0.1, 0.15) is 23.4 Å². The molecule has 1 saturated heterocycles. The number of carbonyl (C=O) groups is 1. The molecule has 0 amide bonds. The Bertz CT molecular complexity index is 1280. The highest BCUT2D eigenvalue weighted by molar-refractivity contribution is 5.77. The molecule has 1 aliphatic heterocycles. The fourth-order valence-electron chi connectivity index (χ4n) is 6.65. The smallest absolute Gasteiger partial charge is 0.311 e. The summed E-state index contributed by atoms with van der Waals surface area (Å²) < 4.78 is 15.2. The lowest BCUT2D eigenvalue weighted by atomic mass is 9.57. The van der Waals surface area contributed by atoms with Crippen molar-refractivity contribution in [1.29, 1.82) is 0 Å². The molecule has 5 aliphatic rings. The quantitative estimate of drug-likeness (QED) is 0.494. The molecule has 3 aromatic heterocycles. The number of nitrogens with one attached hydrogen (secondary N) is 1. The summed E-state index contributed by atoms with van der Waals surface area (Å²) in [6.07, 6.45) is 13.1. The molecule has 0 spiro atoms. The number of hydrogen-bond acceptors (Lipinski definition) is 7. The van der Waals surface area contributed by atoms with Crippen molar-refractivity contribution in [2.75, 3.05) is 19.0 Å². The van der Waals surface area contributed by atoms with Crippen LogP contribution in [-0.4, -0.2) is 49.6 Å². The highest BCUT2D eigenvalue weighted by Crippen LogP contribution is 2.54. The molecule has 3 aromatic rings. The predicted molar refractivity (Wildman–Crippen MR) is 134 cm³/mol. The lowest BCUT2D eigenvalue weighted by Gasteiger charge is -2.52. The predicted octanol–water partition coefficient (Wildman–Crippen LogP) is 4.85. The van der Waals surface area contributed by atoms with Gasteiger partial charge in [-0.15, -0.1) is 5.10 Å². The van der Waals surface area contributed by atoms with Crippen LogP contribution in [0.25, 0.3) is 17.0 Å². The molecule has 9 nitrogen and oxygen atoms in total. The fourth-order valence-corrected chi connectivity index (χ4v) is 6.65. The Labute approximate surface area is 210 Å². The first-order valence-corrected chi connectivity index (χ1v) is 13.5. The average Bonchev–Trinajstić information content (AvgIpc) is 3.55. The Morgan fingerprint density at radius 1 is 1.08 bits per heavy atom. The van der Waals surface area contributed by atoms with E-state index in [1.165, 1.54) is 32.1 Å². The minimum Gasteiger partial charge on any atom is -0.469 e. The summed E-state index contributed by atoms with van der Waals surface area (Å²) in [5.41, 5.74) is 3.59. The zero-order valence-electron chi connectivity index (χ0n) is 20.9. The zero-order valence-corrected chi connectivity index (χ0v) is 20.9. The minimum absolute atomic E-state index is 0.0176. The molecule has 4 saturated carbocycles. The second kappa shape index (κ2) is 8.30. The fraction of sp³-hybridized carbons (Fsp3) is 0.630. The van der Waals surface area contributed by atoms with E-state index < -0.39 is 0 Å². The molecule has 1 N–H and O–H groups in total. The zero-order chi connectivity index (χ0) is 24.3. The van der Waals surface area contributed by atoms with Crippen molar-refractivity contribution in [2.45, 2.75) is 88.3 Å². The molecular weight excluding hydrogens is 456 g/mol. The van der Waals surface area contributed by atoms with Gasteiger partial charge in [-0.1, -0.05) is 0 Å². The van der Waals surface area contributed by atoms with Gasteiger partial charge >= 0.3 is 5.97 Å². The maximum atomic E-state index is 12.4. The van der Waals surface area contributed by atoms with Gasteiger partial charge in [0.05, 0.1) is 18.7 Å². The van der Waals surface area contributed by atoms with Crippen LogP contribution < -0.4 is 5.32 Å². The number of imidazole rings is 1. The van der Waals surface area contributed by atoms with Gasteiger partial charge in [-0.25, -0.2) is 14.2 Å². The highest BCUT2D eigenvalue weighted by Gasteiger charge is 2.53. The van der Waals surface area contributed by atoms with E-state index in [4.69, 9.17) is 19.7 Å². The first kappa shape index (κ1) is 22.3. The van der Waals surface area contributed by atoms with Gasteiger partial charge in [0, 0.05) is 23.8 Å². The molecule has 0 aromatic carbocycles. The normalized spacial score (nSPS) is 30.0. The van der Waals surface area contributed by atoms with Gasteiger partial charge in [-0.3, -0.25) is 4.79 Å². The number of ether oxygens (including phenoxy) is 2. The number of esters is 1. The largest absolute Gasteiger partial charge is 0.469 e. The number of hydrogen-bond donors (Lipinski definition) is 1. The van der Waals surface area contributed by atoms with Gasteiger partial charge in [-0.05, 0) is 88.8 Å². The van der Waals surface area contributed by atoms with E-state index in [-0.39, 0.29) is 23.2 Å². The van der Waals surface area contributed by atoms with E-state index in [9.17, 15) is 4.79 Å². The van der Waals surface area contributed by atoms with E-state index in [1.807, 2.05) is 22.8 Å². The summed E-state index contributed by atoms with van der Waals surface area (Å²) in [5.74, 6) is 1.38. The van der Waals surface area contributed by atoms with E-state index in [0.717, 1.165) is 80.8 Å². The second-order valence-corrected chi connectivity index (χ2v) is 11.3. The van der Waals surface area contributed by atoms with E-state index in [1.54, 1.807) is 0 Å². The van der Waals surface area contributed by atoms with Gasteiger partial charge < -0.3 is 14.8 Å². The number of aromatic nitrogens is 5. The molecule has 0 radical (unpaired) electrons. The Morgan fingerprint density at radius 2 is 1.89 bits per heavy atom. The van der Waals surface area contributed by atoms with Crippen LogP contribution in [0.4, 0.5) is 5.82 Å². The molecule has 2 bridgehead atoms. The first-order valence-electron chi connectivity index (χ1n) is 13.5. The van der Waals surface area contributed by atoms with Gasteiger partial charge in [0.25, 0.3) is 0 Å². The van der Waals surface area contributed by atoms with Crippen LogP contribution >= 0.6 is 0 Å². The number of anilines is 1. The number of methoxy groups -OCH3 is 1. The molecule has 4 heterocycles. The molecule has 4 aliphatic carbocycles. The van der Waals surface area contributed by atoms with Crippen molar-refractivity contribution in [2.24, 2.45) is 5.41 Å². The van der Waals surface area contributed by atoms with E-state index >= 15 is 0 Å². The minimum atomic E-state index is -0.285. The Kier molecular flexibility index (Phi) is 5.13. The number of rotatable bonds is 6. The summed E-state index contributed by atoms with van der Waals surface area (Å²) in [4.78, 5) is 17.0. The monoisotopic (exact) mass is 490 g/mol. The van der Waals surface area contributed by atoms with Crippen LogP contribution in [0.5, 0.6) is 0 Å². The number of fused-ring (bicyclic) bond motifs is 4. The van der Waals surface area contributed by atoms with Gasteiger partial charge in [0.2, 0.25) is 0 Å². The van der Waals surface area contributed by atoms with E-state index in [2.05, 4.69) is 21.0 Å². The molecule has 190 valence electrons. The van der Waals surface area contributed by atoms with Crippen molar-refractivity contribution in [3.05, 3.63) is 30.1 Å². The third-order valence-electron chi connectivity index (χ3n) is 9.07. The summed E-state index contributed by atoms with van der Waals surface area (Å²) in [5, 5.41) is 13.8. The Balaban J connectivity index is 1.17. The van der Waals surface area contributed by atoms with Crippen LogP contribution in [0.3, 0.4) is 0 Å². The third-order valence-corrected chi connectivity index (χ3v) is 9.07. The number of nitrogens with zero attached hydrogens (tertiary/aromatic N) is 5. The second-order valence-electron chi connectivity index (χ2n) is 11.3. The van der Waals surface area contributed by atoms with Gasteiger partial charge in [0.15, 0.2) is 5.65 Å². The lowest BCUT2D eigenvalue weighted by Crippen LogP contribution is -2.53. The molecule has 1 atom stereocenters. The van der Waals surface area contributed by atoms with Crippen molar-refractivity contribution in [3.63, 3.8) is 0 Å². The van der Waals surface area contributed by atoms with Gasteiger partial charge in [-0.2, -0.15) is 5.10 Å². The number of carbonyl (C=O) groups excluding carboxylic acids is 1. The third kappa shape index (κ3) is 3.62. The molecule has 9 heteroatoms. The van der Waals surface area contributed by atoms with Crippen LogP contribution in [0, 0.1) is 5.41 Å². The molecular formula is C27H34N6O3.